The Morgan fingerprint density at radius 1 is 1.56 bits per heavy atom. The zero-order valence-electron chi connectivity index (χ0n) is 10.6. The van der Waals surface area contributed by atoms with Crippen molar-refractivity contribution in [2.24, 2.45) is 5.92 Å². The summed E-state index contributed by atoms with van der Waals surface area (Å²) in [6.07, 6.45) is 3.10. The minimum Gasteiger partial charge on any atom is -0.366 e. The van der Waals surface area contributed by atoms with Crippen LogP contribution in [0.3, 0.4) is 0 Å². The molecule has 2 heterocycles. The molecule has 2 atom stereocenters. The smallest absolute Gasteiger partial charge is 0.156 e. The van der Waals surface area contributed by atoms with Gasteiger partial charge < -0.3 is 10.2 Å². The van der Waals surface area contributed by atoms with Crippen molar-refractivity contribution in [1.29, 1.82) is 0 Å². The van der Waals surface area contributed by atoms with Gasteiger partial charge in [-0.15, -0.1) is 0 Å². The minimum atomic E-state index is 0.197. The topological polar surface area (TPSA) is 58.1 Å². The number of halogens is 1. The second-order valence-electron chi connectivity index (χ2n) is 4.82. The van der Waals surface area contributed by atoms with E-state index in [2.05, 4.69) is 34.2 Å². The van der Waals surface area contributed by atoms with E-state index in [0.717, 1.165) is 19.5 Å². The lowest BCUT2D eigenvalue weighted by Crippen LogP contribution is -2.43. The Kier molecular flexibility index (Phi) is 4.14. The number of rotatable bonds is 3. The predicted octanol–water partition coefficient (Wildman–Crippen LogP) is 1.69. The van der Waals surface area contributed by atoms with Crippen molar-refractivity contribution < 1.29 is 4.79 Å². The Bertz CT molecular complexity index is 440. The van der Waals surface area contributed by atoms with Gasteiger partial charge in [-0.2, -0.15) is 0 Å². The highest BCUT2D eigenvalue weighted by Crippen LogP contribution is 2.23. The fourth-order valence-electron chi connectivity index (χ4n) is 2.34. The standard InChI is InChI=1S/C12H17ClN4O/c1-8-5-17(2)4-3-10(8)16-12-9(6-18)11(13)14-7-15-12/h6-8,10H,3-5H2,1-2H3,(H,14,15,16). The third-order valence-corrected chi connectivity index (χ3v) is 3.68. The molecule has 5 nitrogen and oxygen atoms in total. The van der Waals surface area contributed by atoms with Crippen molar-refractivity contribution >= 4 is 23.7 Å². The summed E-state index contributed by atoms with van der Waals surface area (Å²) in [6, 6.07) is 0.311. The van der Waals surface area contributed by atoms with Crippen LogP contribution in [0.5, 0.6) is 0 Å². The number of aromatic nitrogens is 2. The van der Waals surface area contributed by atoms with Crippen LogP contribution in [0.15, 0.2) is 6.33 Å². The van der Waals surface area contributed by atoms with Crippen LogP contribution in [-0.2, 0) is 0 Å². The van der Waals surface area contributed by atoms with Crippen molar-refractivity contribution in [3.05, 3.63) is 17.0 Å². The second-order valence-corrected chi connectivity index (χ2v) is 5.18. The molecule has 0 amide bonds. The van der Waals surface area contributed by atoms with Crippen LogP contribution < -0.4 is 5.32 Å². The molecule has 2 rings (SSSR count). The summed E-state index contributed by atoms with van der Waals surface area (Å²) < 4.78 is 0. The molecular weight excluding hydrogens is 252 g/mol. The first kappa shape index (κ1) is 13.2. The number of carbonyl (C=O) groups is 1. The monoisotopic (exact) mass is 268 g/mol. The van der Waals surface area contributed by atoms with Crippen LogP contribution in [-0.4, -0.2) is 47.3 Å². The van der Waals surface area contributed by atoms with E-state index in [4.69, 9.17) is 11.6 Å². The molecule has 1 saturated heterocycles. The van der Waals surface area contributed by atoms with E-state index in [-0.39, 0.29) is 5.15 Å². The molecule has 18 heavy (non-hydrogen) atoms. The van der Waals surface area contributed by atoms with Gasteiger partial charge in [-0.25, -0.2) is 9.97 Å². The predicted molar refractivity (Wildman–Crippen MR) is 71.1 cm³/mol. The normalized spacial score (nSPS) is 24.8. The number of hydrogen-bond donors (Lipinski definition) is 1. The number of aldehydes is 1. The molecule has 1 fully saturated rings. The average molecular weight is 269 g/mol. The van der Waals surface area contributed by atoms with Crippen molar-refractivity contribution in [3.63, 3.8) is 0 Å². The molecule has 0 aliphatic carbocycles. The number of carbonyl (C=O) groups excluding carboxylic acids is 1. The summed E-state index contributed by atoms with van der Waals surface area (Å²) in [6.45, 7) is 4.26. The molecule has 0 aromatic carbocycles. The molecule has 1 aliphatic rings. The molecule has 0 bridgehead atoms. The van der Waals surface area contributed by atoms with Gasteiger partial charge in [0.2, 0.25) is 0 Å². The maximum Gasteiger partial charge on any atom is 0.156 e. The lowest BCUT2D eigenvalue weighted by atomic mass is 9.94. The quantitative estimate of drug-likeness (QED) is 0.668. The van der Waals surface area contributed by atoms with Crippen LogP contribution in [0.4, 0.5) is 5.82 Å². The zero-order chi connectivity index (χ0) is 13.1. The van der Waals surface area contributed by atoms with Crippen molar-refractivity contribution in [2.75, 3.05) is 25.5 Å². The summed E-state index contributed by atoms with van der Waals surface area (Å²) >= 11 is 5.88. The molecule has 98 valence electrons. The van der Waals surface area contributed by atoms with Gasteiger partial charge in [-0.1, -0.05) is 18.5 Å². The minimum absolute atomic E-state index is 0.197. The maximum atomic E-state index is 11.0. The number of likely N-dealkylation sites (tertiary alicyclic amines) is 1. The Morgan fingerprint density at radius 3 is 3.00 bits per heavy atom. The molecule has 1 aromatic heterocycles. The van der Waals surface area contributed by atoms with Gasteiger partial charge in [0.15, 0.2) is 6.29 Å². The summed E-state index contributed by atoms with van der Waals surface area (Å²) in [4.78, 5) is 21.2. The van der Waals surface area contributed by atoms with E-state index >= 15 is 0 Å². The Labute approximate surface area is 112 Å². The highest BCUT2D eigenvalue weighted by Gasteiger charge is 2.25. The van der Waals surface area contributed by atoms with Gasteiger partial charge in [0.25, 0.3) is 0 Å². The summed E-state index contributed by atoms with van der Waals surface area (Å²) in [5.74, 6) is 1.03. The van der Waals surface area contributed by atoms with Crippen LogP contribution in [0.25, 0.3) is 0 Å². The SMILES string of the molecule is CC1CN(C)CCC1Nc1ncnc(Cl)c1C=O. The molecule has 0 radical (unpaired) electrons. The third-order valence-electron chi connectivity index (χ3n) is 3.38. The van der Waals surface area contributed by atoms with Gasteiger partial charge in [0.1, 0.15) is 17.3 Å². The fraction of sp³-hybridized carbons (Fsp3) is 0.583. The van der Waals surface area contributed by atoms with Gasteiger partial charge >= 0.3 is 0 Å². The summed E-state index contributed by atoms with van der Waals surface area (Å²) in [7, 11) is 2.12. The van der Waals surface area contributed by atoms with E-state index in [1.165, 1.54) is 6.33 Å². The van der Waals surface area contributed by atoms with Gasteiger partial charge in [0, 0.05) is 12.6 Å². The highest BCUT2D eigenvalue weighted by atomic mass is 35.5. The number of hydrogen-bond acceptors (Lipinski definition) is 5. The second kappa shape index (κ2) is 5.63. The summed E-state index contributed by atoms with van der Waals surface area (Å²) in [5.41, 5.74) is 0.338. The van der Waals surface area contributed by atoms with E-state index in [1.807, 2.05) is 0 Å². The van der Waals surface area contributed by atoms with Crippen LogP contribution in [0, 0.1) is 5.92 Å². The third kappa shape index (κ3) is 2.79. The molecule has 0 spiro atoms. The Balaban J connectivity index is 2.14. The molecule has 1 N–H and O–H groups in total. The molecule has 6 heteroatoms. The lowest BCUT2D eigenvalue weighted by molar-refractivity contribution is 0.112. The van der Waals surface area contributed by atoms with Crippen LogP contribution in [0.2, 0.25) is 5.15 Å². The number of nitrogens with zero attached hydrogens (tertiary/aromatic N) is 3. The molecular formula is C12H17ClN4O. The zero-order valence-corrected chi connectivity index (χ0v) is 11.3. The number of nitrogens with one attached hydrogen (secondary N) is 1. The Hall–Kier alpha value is -1.20. The van der Waals surface area contributed by atoms with Crippen LogP contribution >= 0.6 is 11.6 Å². The van der Waals surface area contributed by atoms with E-state index in [1.54, 1.807) is 0 Å². The van der Waals surface area contributed by atoms with Crippen molar-refractivity contribution in [3.8, 4) is 0 Å². The first-order valence-electron chi connectivity index (χ1n) is 6.02. The van der Waals surface area contributed by atoms with Gasteiger partial charge in [0.05, 0.1) is 5.56 Å². The van der Waals surface area contributed by atoms with Crippen molar-refractivity contribution in [2.45, 2.75) is 19.4 Å². The van der Waals surface area contributed by atoms with Crippen LogP contribution in [0.1, 0.15) is 23.7 Å². The van der Waals surface area contributed by atoms with Gasteiger partial charge in [-0.05, 0) is 25.9 Å². The van der Waals surface area contributed by atoms with Gasteiger partial charge in [-0.3, -0.25) is 4.79 Å². The Morgan fingerprint density at radius 2 is 2.33 bits per heavy atom. The first-order chi connectivity index (χ1) is 8.61. The molecule has 2 unspecified atom stereocenters. The van der Waals surface area contributed by atoms with Crippen molar-refractivity contribution in [1.82, 2.24) is 14.9 Å². The van der Waals surface area contributed by atoms with E-state index < -0.39 is 0 Å². The molecule has 1 aromatic rings. The number of anilines is 1. The highest BCUT2D eigenvalue weighted by molar-refractivity contribution is 6.32. The van der Waals surface area contributed by atoms with E-state index in [0.29, 0.717) is 29.6 Å². The molecule has 1 aliphatic heterocycles. The molecule has 0 saturated carbocycles. The number of piperidine rings is 1. The maximum absolute atomic E-state index is 11.0. The lowest BCUT2D eigenvalue weighted by Gasteiger charge is -2.35. The summed E-state index contributed by atoms with van der Waals surface area (Å²) in [5, 5.41) is 3.52. The fourth-order valence-corrected chi connectivity index (χ4v) is 2.52. The average Bonchev–Trinajstić information content (AvgIpc) is 2.33. The first-order valence-corrected chi connectivity index (χ1v) is 6.40. The largest absolute Gasteiger partial charge is 0.366 e. The van der Waals surface area contributed by atoms with E-state index in [9.17, 15) is 4.79 Å².